The van der Waals surface area contributed by atoms with Crippen molar-refractivity contribution >= 4 is 29.7 Å². The van der Waals surface area contributed by atoms with Gasteiger partial charge in [0, 0.05) is 7.05 Å². The number of hydrogen-bond acceptors (Lipinski definition) is 7. The Morgan fingerprint density at radius 1 is 1.03 bits per heavy atom. The topological polar surface area (TPSA) is 84.3 Å². The lowest BCUT2D eigenvalue weighted by Crippen LogP contribution is -2.17. The highest BCUT2D eigenvalue weighted by molar-refractivity contribution is 6.33. The van der Waals surface area contributed by atoms with Crippen LogP contribution in [0.3, 0.4) is 0 Å². The molecule has 0 unspecified atom stereocenters. The second-order valence-corrected chi connectivity index (χ2v) is 6.05. The summed E-state index contributed by atoms with van der Waals surface area (Å²) in [6.45, 7) is 0. The van der Waals surface area contributed by atoms with Gasteiger partial charge in [-0.3, -0.25) is 0 Å². The molecule has 0 atom stereocenters. The molecule has 3 aromatic rings. The summed E-state index contributed by atoms with van der Waals surface area (Å²) in [5, 5.41) is 6.77. The first-order valence-electron chi connectivity index (χ1n) is 8.28. The van der Waals surface area contributed by atoms with Crippen molar-refractivity contribution in [1.82, 2.24) is 15.0 Å². The maximum atomic E-state index is 14.2. The fourth-order valence-electron chi connectivity index (χ4n) is 2.28. The first-order chi connectivity index (χ1) is 14.2. The summed E-state index contributed by atoms with van der Waals surface area (Å²) in [6.07, 6.45) is -3.43. The lowest BCUT2D eigenvalue weighted by molar-refractivity contribution is -0.274. The van der Waals surface area contributed by atoms with Gasteiger partial charge in [0.1, 0.15) is 11.6 Å². The first kappa shape index (κ1) is 21.2. The van der Waals surface area contributed by atoms with Crippen molar-refractivity contribution in [1.29, 1.82) is 0 Å². The van der Waals surface area contributed by atoms with Gasteiger partial charge in [0.25, 0.3) is 0 Å². The summed E-state index contributed by atoms with van der Waals surface area (Å²) < 4.78 is 54.5. The van der Waals surface area contributed by atoms with E-state index in [1.807, 2.05) is 0 Å². The Morgan fingerprint density at radius 2 is 1.73 bits per heavy atom. The van der Waals surface area contributed by atoms with Crippen LogP contribution in [0.2, 0.25) is 5.02 Å². The average molecular weight is 441 g/mol. The number of nitrogens with zero attached hydrogens (tertiary/aromatic N) is 4. The lowest BCUT2D eigenvalue weighted by Gasteiger charge is -2.09. The standard InChI is InChI=1S/C18H13ClF4N6O/c1-24-16-26-15(14-12(19)3-2-4-13(14)20)27-17(28-16)29-25-9-10-5-7-11(8-6-10)30-18(21,22)23/h2-9H,1H3,(H2,24,26,27,28,29)/b25-9-. The SMILES string of the molecule is CNc1nc(N/N=C\c2ccc(OC(F)(F)F)cc2)nc(-c2c(F)cccc2Cl)n1. The zero-order chi connectivity index (χ0) is 21.7. The largest absolute Gasteiger partial charge is 0.573 e. The molecule has 12 heteroatoms. The fraction of sp³-hybridized carbons (Fsp3) is 0.111. The molecule has 0 aliphatic rings. The van der Waals surface area contributed by atoms with E-state index in [4.69, 9.17) is 11.6 Å². The van der Waals surface area contributed by atoms with Gasteiger partial charge in [0.2, 0.25) is 11.9 Å². The van der Waals surface area contributed by atoms with Crippen molar-refractivity contribution in [3.05, 3.63) is 58.9 Å². The molecule has 0 amide bonds. The van der Waals surface area contributed by atoms with Crippen LogP contribution >= 0.6 is 11.6 Å². The van der Waals surface area contributed by atoms with E-state index < -0.39 is 12.2 Å². The van der Waals surface area contributed by atoms with Crippen LogP contribution < -0.4 is 15.5 Å². The molecule has 1 aromatic heterocycles. The van der Waals surface area contributed by atoms with Crippen molar-refractivity contribution in [2.24, 2.45) is 5.10 Å². The van der Waals surface area contributed by atoms with E-state index >= 15 is 0 Å². The summed E-state index contributed by atoms with van der Waals surface area (Å²) in [6, 6.07) is 9.23. The molecule has 156 valence electrons. The Labute approximate surface area is 172 Å². The molecule has 0 fully saturated rings. The molecule has 0 bridgehead atoms. The molecular formula is C18H13ClF4N6O. The third-order valence-corrected chi connectivity index (χ3v) is 3.85. The van der Waals surface area contributed by atoms with Crippen LogP contribution in [0.25, 0.3) is 11.4 Å². The Hall–Kier alpha value is -3.47. The van der Waals surface area contributed by atoms with Crippen molar-refractivity contribution in [2.75, 3.05) is 17.8 Å². The van der Waals surface area contributed by atoms with Crippen LogP contribution in [0, 0.1) is 5.82 Å². The smallest absolute Gasteiger partial charge is 0.406 e. The molecule has 0 spiro atoms. The number of aromatic nitrogens is 3. The van der Waals surface area contributed by atoms with Crippen molar-refractivity contribution in [3.8, 4) is 17.1 Å². The van der Waals surface area contributed by atoms with E-state index in [0.717, 1.165) is 12.1 Å². The molecule has 1 heterocycles. The van der Waals surface area contributed by atoms with E-state index in [1.165, 1.54) is 36.5 Å². The predicted octanol–water partition coefficient (Wildman–Crippen LogP) is 4.72. The highest BCUT2D eigenvalue weighted by atomic mass is 35.5. The Morgan fingerprint density at radius 3 is 2.37 bits per heavy atom. The molecule has 0 aliphatic carbocycles. The summed E-state index contributed by atoms with van der Waals surface area (Å²) >= 11 is 6.06. The maximum Gasteiger partial charge on any atom is 0.573 e. The van der Waals surface area contributed by atoms with Gasteiger partial charge >= 0.3 is 6.36 Å². The number of nitrogens with one attached hydrogen (secondary N) is 2. The highest BCUT2D eigenvalue weighted by Crippen LogP contribution is 2.29. The zero-order valence-corrected chi connectivity index (χ0v) is 16.0. The molecule has 7 nitrogen and oxygen atoms in total. The number of halogens is 5. The minimum Gasteiger partial charge on any atom is -0.406 e. The number of ether oxygens (including phenoxy) is 1. The van der Waals surface area contributed by atoms with Crippen LogP contribution in [-0.2, 0) is 0 Å². The Kier molecular flexibility index (Phi) is 6.31. The normalized spacial score (nSPS) is 11.5. The highest BCUT2D eigenvalue weighted by Gasteiger charge is 2.30. The molecule has 0 saturated carbocycles. The molecular weight excluding hydrogens is 428 g/mol. The number of benzene rings is 2. The van der Waals surface area contributed by atoms with E-state index in [9.17, 15) is 17.6 Å². The molecule has 0 aliphatic heterocycles. The van der Waals surface area contributed by atoms with Gasteiger partial charge in [-0.15, -0.1) is 13.2 Å². The second kappa shape index (κ2) is 8.91. The summed E-state index contributed by atoms with van der Waals surface area (Å²) in [5.41, 5.74) is 3.05. The predicted molar refractivity (Wildman–Crippen MR) is 104 cm³/mol. The quantitative estimate of drug-likeness (QED) is 0.328. The minimum absolute atomic E-state index is 0.00283. The average Bonchev–Trinajstić information content (AvgIpc) is 2.68. The third-order valence-electron chi connectivity index (χ3n) is 3.54. The number of rotatable bonds is 6. The second-order valence-electron chi connectivity index (χ2n) is 5.64. The van der Waals surface area contributed by atoms with Crippen LogP contribution in [0.15, 0.2) is 47.6 Å². The summed E-state index contributed by atoms with van der Waals surface area (Å²) in [7, 11) is 1.57. The van der Waals surface area contributed by atoms with Crippen LogP contribution in [0.4, 0.5) is 29.5 Å². The van der Waals surface area contributed by atoms with E-state index in [2.05, 4.69) is 35.5 Å². The van der Waals surface area contributed by atoms with Gasteiger partial charge < -0.3 is 10.1 Å². The van der Waals surface area contributed by atoms with Crippen LogP contribution in [-0.4, -0.2) is 34.6 Å². The van der Waals surface area contributed by atoms with Gasteiger partial charge in [-0.05, 0) is 42.0 Å². The summed E-state index contributed by atoms with van der Waals surface area (Å²) in [4.78, 5) is 12.2. The van der Waals surface area contributed by atoms with Gasteiger partial charge in [-0.1, -0.05) is 17.7 Å². The van der Waals surface area contributed by atoms with Crippen LogP contribution in [0.1, 0.15) is 5.56 Å². The molecule has 3 rings (SSSR count). The molecule has 2 aromatic carbocycles. The van der Waals surface area contributed by atoms with Gasteiger partial charge in [0.15, 0.2) is 5.82 Å². The minimum atomic E-state index is -4.76. The van der Waals surface area contributed by atoms with E-state index in [-0.39, 0.29) is 34.1 Å². The van der Waals surface area contributed by atoms with Crippen molar-refractivity contribution in [2.45, 2.75) is 6.36 Å². The van der Waals surface area contributed by atoms with Crippen molar-refractivity contribution < 1.29 is 22.3 Å². The van der Waals surface area contributed by atoms with E-state index in [1.54, 1.807) is 7.05 Å². The lowest BCUT2D eigenvalue weighted by atomic mass is 10.2. The van der Waals surface area contributed by atoms with E-state index in [0.29, 0.717) is 5.56 Å². The van der Waals surface area contributed by atoms with Gasteiger partial charge in [-0.25, -0.2) is 9.82 Å². The number of anilines is 2. The third kappa shape index (κ3) is 5.54. The number of hydrazone groups is 1. The summed E-state index contributed by atoms with van der Waals surface area (Å²) in [5.74, 6) is -0.826. The molecule has 2 N–H and O–H groups in total. The van der Waals surface area contributed by atoms with Gasteiger partial charge in [-0.2, -0.15) is 20.1 Å². The van der Waals surface area contributed by atoms with Crippen molar-refractivity contribution in [3.63, 3.8) is 0 Å². The van der Waals surface area contributed by atoms with Crippen LogP contribution in [0.5, 0.6) is 5.75 Å². The first-order valence-corrected chi connectivity index (χ1v) is 8.66. The Balaban J connectivity index is 1.78. The van der Waals surface area contributed by atoms with Gasteiger partial charge in [0.05, 0.1) is 16.8 Å². The zero-order valence-electron chi connectivity index (χ0n) is 15.2. The maximum absolute atomic E-state index is 14.2. The number of alkyl halides is 3. The Bertz CT molecular complexity index is 1040. The molecule has 0 radical (unpaired) electrons. The fourth-order valence-corrected chi connectivity index (χ4v) is 2.53. The molecule has 30 heavy (non-hydrogen) atoms. The monoisotopic (exact) mass is 440 g/mol. The number of hydrogen-bond donors (Lipinski definition) is 2. The molecule has 0 saturated heterocycles.